The van der Waals surface area contributed by atoms with Crippen LogP contribution in [-0.2, 0) is 16.4 Å². The molecule has 3 rings (SSSR count). The molecule has 0 radical (unpaired) electrons. The Morgan fingerprint density at radius 3 is 2.70 bits per heavy atom. The van der Waals surface area contributed by atoms with E-state index >= 15 is 0 Å². The quantitative estimate of drug-likeness (QED) is 0.899. The summed E-state index contributed by atoms with van der Waals surface area (Å²) in [6.45, 7) is 3.74. The lowest BCUT2D eigenvalue weighted by atomic mass is 9.82. The zero-order chi connectivity index (χ0) is 16.8. The van der Waals surface area contributed by atoms with Crippen LogP contribution in [0.15, 0.2) is 8.73 Å². The van der Waals surface area contributed by atoms with Crippen LogP contribution in [0.2, 0.25) is 0 Å². The monoisotopic (exact) mass is 355 g/mol. The summed E-state index contributed by atoms with van der Waals surface area (Å²) in [7, 11) is -3.98. The maximum Gasteiger partial charge on any atom is 0.268 e. The first-order valence-corrected chi connectivity index (χ1v) is 9.69. The molecule has 1 aliphatic carbocycles. The van der Waals surface area contributed by atoms with Gasteiger partial charge in [-0.1, -0.05) is 18.5 Å². The maximum absolute atomic E-state index is 12.5. The predicted molar refractivity (Wildman–Crippen MR) is 84.8 cm³/mol. The number of aryl methyl sites for hydroxylation is 1. The summed E-state index contributed by atoms with van der Waals surface area (Å²) in [5, 5.41) is 9.04. The Hall–Kier alpha value is -1.58. The predicted octanol–water partition coefficient (Wildman–Crippen LogP) is 2.30. The lowest BCUT2D eigenvalue weighted by Crippen LogP contribution is -2.22. The number of primary sulfonamides is 1. The van der Waals surface area contributed by atoms with Crippen molar-refractivity contribution < 1.29 is 17.7 Å². The van der Waals surface area contributed by atoms with E-state index in [9.17, 15) is 13.2 Å². The van der Waals surface area contributed by atoms with E-state index in [4.69, 9.17) is 9.66 Å². The average molecular weight is 355 g/mol. The second kappa shape index (κ2) is 5.81. The molecule has 1 aliphatic rings. The molecule has 0 aliphatic heterocycles. The number of thiophene rings is 1. The third-order valence-electron chi connectivity index (χ3n) is 3.90. The molecular weight excluding hydrogens is 338 g/mol. The number of sulfonamides is 1. The molecular formula is C14H17N3O4S2. The van der Waals surface area contributed by atoms with Crippen molar-refractivity contribution in [2.75, 3.05) is 0 Å². The zero-order valence-electron chi connectivity index (χ0n) is 12.8. The molecule has 0 amide bonds. The molecule has 0 saturated carbocycles. The SMILES string of the molecule is CCCC1CC(=O)c2c(S(N)(=O)=O)sc(-c3nc(C)no3)c2C1. The highest BCUT2D eigenvalue weighted by atomic mass is 32.2. The molecule has 2 aromatic rings. The lowest BCUT2D eigenvalue weighted by Gasteiger charge is -2.21. The first-order valence-electron chi connectivity index (χ1n) is 7.33. The van der Waals surface area contributed by atoms with Gasteiger partial charge in [0.15, 0.2) is 11.6 Å². The summed E-state index contributed by atoms with van der Waals surface area (Å²) in [5.41, 5.74) is 0.896. The largest absolute Gasteiger partial charge is 0.333 e. The van der Waals surface area contributed by atoms with E-state index in [-0.39, 0.29) is 27.4 Å². The summed E-state index contributed by atoms with van der Waals surface area (Å²) < 4.78 is 28.8. The highest BCUT2D eigenvalue weighted by molar-refractivity contribution is 7.91. The fourth-order valence-electron chi connectivity index (χ4n) is 3.02. The number of rotatable bonds is 4. The fourth-order valence-corrected chi connectivity index (χ4v) is 5.26. The van der Waals surface area contributed by atoms with Crippen LogP contribution in [0.25, 0.3) is 10.8 Å². The van der Waals surface area contributed by atoms with Gasteiger partial charge in [-0.3, -0.25) is 4.79 Å². The van der Waals surface area contributed by atoms with Crippen molar-refractivity contribution in [1.82, 2.24) is 10.1 Å². The number of hydrogen-bond donors (Lipinski definition) is 1. The van der Waals surface area contributed by atoms with Gasteiger partial charge in [0.25, 0.3) is 5.89 Å². The molecule has 1 atom stereocenters. The van der Waals surface area contributed by atoms with Crippen molar-refractivity contribution in [1.29, 1.82) is 0 Å². The van der Waals surface area contributed by atoms with Gasteiger partial charge in [0.2, 0.25) is 10.0 Å². The van der Waals surface area contributed by atoms with Crippen LogP contribution >= 0.6 is 11.3 Å². The van der Waals surface area contributed by atoms with Gasteiger partial charge in [-0.05, 0) is 31.2 Å². The van der Waals surface area contributed by atoms with Crippen molar-refractivity contribution in [3.63, 3.8) is 0 Å². The Morgan fingerprint density at radius 2 is 2.13 bits per heavy atom. The molecule has 9 heteroatoms. The van der Waals surface area contributed by atoms with E-state index in [0.717, 1.165) is 24.2 Å². The molecule has 7 nitrogen and oxygen atoms in total. The molecule has 2 aromatic heterocycles. The van der Waals surface area contributed by atoms with Crippen molar-refractivity contribution in [2.45, 2.75) is 43.7 Å². The smallest absolute Gasteiger partial charge is 0.268 e. The molecule has 0 aromatic carbocycles. The number of ketones is 1. The average Bonchev–Trinajstić information content (AvgIpc) is 3.02. The van der Waals surface area contributed by atoms with Gasteiger partial charge in [0, 0.05) is 6.42 Å². The fraction of sp³-hybridized carbons (Fsp3) is 0.500. The van der Waals surface area contributed by atoms with Gasteiger partial charge in [-0.15, -0.1) is 11.3 Å². The number of fused-ring (bicyclic) bond motifs is 1. The Bertz CT molecular complexity index is 867. The first-order chi connectivity index (χ1) is 10.8. The van der Waals surface area contributed by atoms with Gasteiger partial charge < -0.3 is 4.52 Å². The van der Waals surface area contributed by atoms with Crippen LogP contribution in [0.3, 0.4) is 0 Å². The molecule has 0 saturated heterocycles. The second-order valence-corrected chi connectivity index (χ2v) is 8.53. The summed E-state index contributed by atoms with van der Waals surface area (Å²) in [4.78, 5) is 17.2. The minimum Gasteiger partial charge on any atom is -0.333 e. The van der Waals surface area contributed by atoms with Crippen LogP contribution in [-0.4, -0.2) is 24.3 Å². The number of aromatic nitrogens is 2. The van der Waals surface area contributed by atoms with Crippen LogP contribution in [0.1, 0.15) is 47.9 Å². The van der Waals surface area contributed by atoms with Crippen LogP contribution in [0.4, 0.5) is 0 Å². The van der Waals surface area contributed by atoms with E-state index in [2.05, 4.69) is 17.1 Å². The highest BCUT2D eigenvalue weighted by Crippen LogP contribution is 2.43. The molecule has 124 valence electrons. The van der Waals surface area contributed by atoms with E-state index in [1.165, 1.54) is 0 Å². The summed E-state index contributed by atoms with van der Waals surface area (Å²) >= 11 is 0.942. The van der Waals surface area contributed by atoms with Gasteiger partial charge in [-0.25, -0.2) is 13.6 Å². The topological polar surface area (TPSA) is 116 Å². The third-order valence-corrected chi connectivity index (χ3v) is 6.58. The lowest BCUT2D eigenvalue weighted by molar-refractivity contribution is 0.0943. The molecule has 2 N–H and O–H groups in total. The maximum atomic E-state index is 12.5. The number of carbonyl (C=O) groups is 1. The van der Waals surface area contributed by atoms with E-state index < -0.39 is 10.0 Å². The number of carbonyl (C=O) groups excluding carboxylic acids is 1. The Kier molecular flexibility index (Phi) is 4.11. The third kappa shape index (κ3) is 2.96. The molecule has 0 fully saturated rings. The van der Waals surface area contributed by atoms with Crippen LogP contribution in [0, 0.1) is 12.8 Å². The van der Waals surface area contributed by atoms with Crippen molar-refractivity contribution >= 4 is 27.1 Å². The summed E-state index contributed by atoms with van der Waals surface area (Å²) in [5.74, 6) is 0.716. The Balaban J connectivity index is 2.20. The van der Waals surface area contributed by atoms with Crippen molar-refractivity contribution in [2.24, 2.45) is 11.1 Å². The summed E-state index contributed by atoms with van der Waals surface area (Å²) in [6, 6.07) is 0. The van der Waals surface area contributed by atoms with Crippen molar-refractivity contribution in [3.8, 4) is 10.8 Å². The van der Waals surface area contributed by atoms with Crippen LogP contribution in [0.5, 0.6) is 0 Å². The Morgan fingerprint density at radius 1 is 1.39 bits per heavy atom. The number of nitrogens with zero attached hydrogens (tertiary/aromatic N) is 2. The minimum atomic E-state index is -3.98. The molecule has 0 bridgehead atoms. The standard InChI is InChI=1S/C14H17N3O4S2/c1-3-4-8-5-9-11(10(18)6-8)14(23(15,19)20)22-12(9)13-16-7(2)17-21-13/h8H,3-6H2,1-2H3,(H2,15,19,20). The van der Waals surface area contributed by atoms with E-state index in [1.54, 1.807) is 6.92 Å². The normalized spacial score (nSPS) is 18.2. The molecule has 1 unspecified atom stereocenters. The molecule has 23 heavy (non-hydrogen) atoms. The molecule has 2 heterocycles. The van der Waals surface area contributed by atoms with Gasteiger partial charge >= 0.3 is 0 Å². The summed E-state index contributed by atoms with van der Waals surface area (Å²) in [6.07, 6.45) is 2.85. The molecule has 0 spiro atoms. The first kappa shape index (κ1) is 16.3. The van der Waals surface area contributed by atoms with E-state index in [1.807, 2.05) is 0 Å². The van der Waals surface area contributed by atoms with Gasteiger partial charge in [0.05, 0.1) is 10.4 Å². The van der Waals surface area contributed by atoms with Crippen LogP contribution < -0.4 is 5.14 Å². The Labute approximate surface area is 137 Å². The van der Waals surface area contributed by atoms with E-state index in [0.29, 0.717) is 29.1 Å². The number of Topliss-reactive ketones (excluding diaryl/α,β-unsaturated/α-hetero) is 1. The second-order valence-electron chi connectivity index (χ2n) is 5.75. The minimum absolute atomic E-state index is 0.0988. The number of nitrogens with two attached hydrogens (primary N) is 1. The van der Waals surface area contributed by atoms with Crippen molar-refractivity contribution in [3.05, 3.63) is 17.0 Å². The zero-order valence-corrected chi connectivity index (χ0v) is 14.5. The highest BCUT2D eigenvalue weighted by Gasteiger charge is 2.36. The van der Waals surface area contributed by atoms with Gasteiger partial charge in [0.1, 0.15) is 4.21 Å². The van der Waals surface area contributed by atoms with Gasteiger partial charge in [-0.2, -0.15) is 4.98 Å². The number of hydrogen-bond acceptors (Lipinski definition) is 7.